The molecule has 0 aromatic heterocycles. The van der Waals surface area contributed by atoms with Gasteiger partial charge in [0.15, 0.2) is 17.3 Å². The average Bonchev–Trinajstić information content (AvgIpc) is 2.70. The predicted octanol–water partition coefficient (Wildman–Crippen LogP) is 4.10. The number of unbranched alkanes of at least 4 members (excludes halogenated alkanes) is 2. The van der Waals surface area contributed by atoms with E-state index in [1.807, 2.05) is 6.92 Å². The standard InChI is InChI=1S/C23H29NO5/c1-4-5-6-12-29-23(27)20-14(2)24-16-8-7-9-18(26)22(16)21(20)15-10-11-17(25)19(13-15)28-3/h10-11,13,21,24-25H,4-9,12H2,1-3H3/t21-/m1/s1. The molecule has 0 bridgehead atoms. The largest absolute Gasteiger partial charge is 0.504 e. The molecule has 2 aliphatic rings. The molecule has 0 spiro atoms. The number of methoxy groups -OCH3 is 1. The molecule has 29 heavy (non-hydrogen) atoms. The van der Waals surface area contributed by atoms with E-state index in [2.05, 4.69) is 12.2 Å². The minimum atomic E-state index is -0.535. The van der Waals surface area contributed by atoms with Crippen LogP contribution in [0.4, 0.5) is 0 Å². The zero-order valence-corrected chi connectivity index (χ0v) is 17.3. The van der Waals surface area contributed by atoms with Crippen LogP contribution in [0.1, 0.15) is 63.9 Å². The summed E-state index contributed by atoms with van der Waals surface area (Å²) in [5, 5.41) is 13.3. The summed E-state index contributed by atoms with van der Waals surface area (Å²) in [6.07, 6.45) is 4.87. The Hall–Kier alpha value is -2.76. The van der Waals surface area contributed by atoms with Gasteiger partial charge >= 0.3 is 5.97 Å². The molecule has 156 valence electrons. The van der Waals surface area contributed by atoms with Gasteiger partial charge in [-0.2, -0.15) is 0 Å². The first-order valence-electron chi connectivity index (χ1n) is 10.3. The van der Waals surface area contributed by atoms with Gasteiger partial charge in [0.1, 0.15) is 0 Å². The van der Waals surface area contributed by atoms with E-state index in [0.29, 0.717) is 35.6 Å². The van der Waals surface area contributed by atoms with Crippen LogP contribution < -0.4 is 10.1 Å². The van der Waals surface area contributed by atoms with Gasteiger partial charge in [0.25, 0.3) is 0 Å². The Morgan fingerprint density at radius 1 is 1.28 bits per heavy atom. The van der Waals surface area contributed by atoms with Crippen molar-refractivity contribution in [3.8, 4) is 11.5 Å². The first-order valence-corrected chi connectivity index (χ1v) is 10.3. The highest BCUT2D eigenvalue weighted by Gasteiger charge is 2.39. The Kier molecular flexibility index (Phi) is 6.62. The molecule has 1 aliphatic carbocycles. The number of carbonyl (C=O) groups excluding carboxylic acids is 2. The second-order valence-corrected chi connectivity index (χ2v) is 7.54. The molecule has 0 saturated carbocycles. The van der Waals surface area contributed by atoms with E-state index < -0.39 is 11.9 Å². The Morgan fingerprint density at radius 2 is 2.07 bits per heavy atom. The summed E-state index contributed by atoms with van der Waals surface area (Å²) in [5.74, 6) is -0.585. The highest BCUT2D eigenvalue weighted by Crippen LogP contribution is 2.44. The second-order valence-electron chi connectivity index (χ2n) is 7.54. The molecule has 1 aromatic rings. The Morgan fingerprint density at radius 3 is 2.79 bits per heavy atom. The fourth-order valence-corrected chi connectivity index (χ4v) is 4.06. The summed E-state index contributed by atoms with van der Waals surface area (Å²) >= 11 is 0. The van der Waals surface area contributed by atoms with E-state index >= 15 is 0 Å². The number of hydrogen-bond acceptors (Lipinski definition) is 6. The Balaban J connectivity index is 2.03. The van der Waals surface area contributed by atoms with Crippen LogP contribution in [0.5, 0.6) is 11.5 Å². The minimum Gasteiger partial charge on any atom is -0.504 e. The summed E-state index contributed by atoms with van der Waals surface area (Å²) in [6, 6.07) is 4.96. The van der Waals surface area contributed by atoms with E-state index in [0.717, 1.165) is 43.4 Å². The molecular formula is C23H29NO5. The van der Waals surface area contributed by atoms with Crippen molar-refractivity contribution in [3.63, 3.8) is 0 Å². The van der Waals surface area contributed by atoms with Gasteiger partial charge in [-0.1, -0.05) is 25.8 Å². The van der Waals surface area contributed by atoms with Crippen LogP contribution >= 0.6 is 0 Å². The Bertz CT molecular complexity index is 868. The van der Waals surface area contributed by atoms with E-state index in [1.165, 1.54) is 13.2 Å². The number of ketones is 1. The van der Waals surface area contributed by atoms with Crippen LogP contribution in [0.2, 0.25) is 0 Å². The lowest BCUT2D eigenvalue weighted by atomic mass is 9.75. The molecule has 6 nitrogen and oxygen atoms in total. The van der Waals surface area contributed by atoms with Crippen LogP contribution in [-0.2, 0) is 14.3 Å². The number of phenolic OH excluding ortho intramolecular Hbond substituents is 1. The summed E-state index contributed by atoms with van der Waals surface area (Å²) < 4.78 is 10.8. The lowest BCUT2D eigenvalue weighted by Gasteiger charge is -2.34. The number of hydrogen-bond donors (Lipinski definition) is 2. The van der Waals surface area contributed by atoms with Crippen LogP contribution in [0, 0.1) is 0 Å². The van der Waals surface area contributed by atoms with Gasteiger partial charge in [0.05, 0.1) is 19.3 Å². The minimum absolute atomic E-state index is 0.0127. The molecule has 1 heterocycles. The molecule has 0 fully saturated rings. The molecule has 1 aromatic carbocycles. The van der Waals surface area contributed by atoms with Gasteiger partial charge < -0.3 is 19.9 Å². The zero-order chi connectivity index (χ0) is 21.0. The molecule has 1 atom stereocenters. The maximum Gasteiger partial charge on any atom is 0.336 e. The summed E-state index contributed by atoms with van der Waals surface area (Å²) in [4.78, 5) is 25.9. The van der Waals surface area contributed by atoms with E-state index in [9.17, 15) is 14.7 Å². The van der Waals surface area contributed by atoms with Gasteiger partial charge in [-0.15, -0.1) is 0 Å². The molecule has 0 radical (unpaired) electrons. The molecule has 6 heteroatoms. The van der Waals surface area contributed by atoms with Gasteiger partial charge in [-0.05, 0) is 43.9 Å². The smallest absolute Gasteiger partial charge is 0.336 e. The average molecular weight is 399 g/mol. The Labute approximate surface area is 171 Å². The second kappa shape index (κ2) is 9.16. The SMILES string of the molecule is CCCCCOC(=O)C1=C(C)NC2=C(C(=O)CCC2)[C@@H]1c1ccc(O)c(OC)c1. The van der Waals surface area contributed by atoms with Crippen LogP contribution in [0.25, 0.3) is 0 Å². The molecule has 0 amide bonds. The van der Waals surface area contributed by atoms with E-state index in [4.69, 9.17) is 9.47 Å². The first kappa shape index (κ1) is 21.0. The maximum atomic E-state index is 13.0. The number of allylic oxidation sites excluding steroid dienone is 3. The number of ether oxygens (including phenoxy) is 2. The highest BCUT2D eigenvalue weighted by atomic mass is 16.5. The number of Topliss-reactive ketones (excluding diaryl/α,β-unsaturated/α-hetero) is 1. The maximum absolute atomic E-state index is 13.0. The number of nitrogens with one attached hydrogen (secondary N) is 1. The third-order valence-corrected chi connectivity index (χ3v) is 5.51. The van der Waals surface area contributed by atoms with Gasteiger partial charge in [-0.3, -0.25) is 4.79 Å². The van der Waals surface area contributed by atoms with Crippen molar-refractivity contribution in [1.82, 2.24) is 5.32 Å². The monoisotopic (exact) mass is 399 g/mol. The fourth-order valence-electron chi connectivity index (χ4n) is 4.06. The molecule has 3 rings (SSSR count). The van der Waals surface area contributed by atoms with Crippen molar-refractivity contribution >= 4 is 11.8 Å². The number of dihydropyridines is 1. The number of aromatic hydroxyl groups is 1. The topological polar surface area (TPSA) is 84.9 Å². The van der Waals surface area contributed by atoms with Crippen molar-refractivity contribution in [2.75, 3.05) is 13.7 Å². The first-order chi connectivity index (χ1) is 14.0. The third kappa shape index (κ3) is 4.31. The quantitative estimate of drug-likeness (QED) is 0.530. The summed E-state index contributed by atoms with van der Waals surface area (Å²) in [7, 11) is 1.47. The van der Waals surface area contributed by atoms with Crippen LogP contribution in [-0.4, -0.2) is 30.6 Å². The van der Waals surface area contributed by atoms with Crippen molar-refractivity contribution in [3.05, 3.63) is 46.3 Å². The lowest BCUT2D eigenvalue weighted by Crippen LogP contribution is -2.34. The fraction of sp³-hybridized carbons (Fsp3) is 0.478. The lowest BCUT2D eigenvalue weighted by molar-refractivity contribution is -0.139. The molecular weight excluding hydrogens is 370 g/mol. The molecule has 0 saturated heterocycles. The summed E-state index contributed by atoms with van der Waals surface area (Å²) in [6.45, 7) is 4.29. The van der Waals surface area contributed by atoms with Crippen LogP contribution in [0.3, 0.4) is 0 Å². The predicted molar refractivity (Wildman–Crippen MR) is 110 cm³/mol. The van der Waals surface area contributed by atoms with Gasteiger partial charge in [0, 0.05) is 29.3 Å². The molecule has 0 unspecified atom stereocenters. The number of carbonyl (C=O) groups is 2. The van der Waals surface area contributed by atoms with Gasteiger partial charge in [0.2, 0.25) is 0 Å². The van der Waals surface area contributed by atoms with E-state index in [-0.39, 0.29) is 11.5 Å². The van der Waals surface area contributed by atoms with Crippen molar-refractivity contribution in [1.29, 1.82) is 0 Å². The number of esters is 1. The molecule has 1 aliphatic heterocycles. The van der Waals surface area contributed by atoms with Crippen molar-refractivity contribution < 1.29 is 24.2 Å². The summed E-state index contributed by atoms with van der Waals surface area (Å²) in [5.41, 5.74) is 3.37. The number of phenols is 1. The van der Waals surface area contributed by atoms with E-state index in [1.54, 1.807) is 12.1 Å². The third-order valence-electron chi connectivity index (χ3n) is 5.51. The normalized spacial score (nSPS) is 19.0. The molecule has 2 N–H and O–H groups in total. The number of benzene rings is 1. The van der Waals surface area contributed by atoms with Gasteiger partial charge in [-0.25, -0.2) is 4.79 Å². The highest BCUT2D eigenvalue weighted by molar-refractivity contribution is 6.03. The zero-order valence-electron chi connectivity index (χ0n) is 17.3. The van der Waals surface area contributed by atoms with Crippen molar-refractivity contribution in [2.24, 2.45) is 0 Å². The number of rotatable bonds is 7. The van der Waals surface area contributed by atoms with Crippen molar-refractivity contribution in [2.45, 2.75) is 58.3 Å². The van der Waals surface area contributed by atoms with Crippen LogP contribution in [0.15, 0.2) is 40.7 Å².